The summed E-state index contributed by atoms with van der Waals surface area (Å²) >= 11 is 1.02. The van der Waals surface area contributed by atoms with Crippen molar-refractivity contribution in [3.8, 4) is 0 Å². The smallest absolute Gasteiger partial charge is 0.312 e. The summed E-state index contributed by atoms with van der Waals surface area (Å²) in [7, 11) is -2.69. The lowest BCUT2D eigenvalue weighted by Gasteiger charge is -2.30. The van der Waals surface area contributed by atoms with Gasteiger partial charge in [-0.05, 0) is 79.6 Å². The lowest BCUT2D eigenvalue weighted by atomic mass is 9.75. The number of unbranched alkanes of at least 4 members (excludes halogenated alkanes) is 1. The molecule has 2 aromatic carbocycles. The highest BCUT2D eigenvalue weighted by Crippen LogP contribution is 2.45. The minimum Gasteiger partial charge on any atom is -0.312 e. The Bertz CT molecular complexity index is 1030. The Labute approximate surface area is 219 Å². The Kier molecular flexibility index (Phi) is 11.3. The number of nitrogens with one attached hydrogen (secondary N) is 1. The summed E-state index contributed by atoms with van der Waals surface area (Å²) in [4.78, 5) is 8.44. The van der Waals surface area contributed by atoms with Crippen molar-refractivity contribution >= 4 is 20.0 Å². The van der Waals surface area contributed by atoms with Crippen LogP contribution in [0.3, 0.4) is 0 Å². The maximum absolute atomic E-state index is 14.6. The quantitative estimate of drug-likeness (QED) is 0.106. The van der Waals surface area contributed by atoms with Gasteiger partial charge in [0.05, 0.1) is 5.56 Å². The van der Waals surface area contributed by atoms with Gasteiger partial charge in [0, 0.05) is 21.6 Å². The third kappa shape index (κ3) is 8.99. The number of halogens is 5. The number of thioether (sulfide) groups is 1. The van der Waals surface area contributed by atoms with Gasteiger partial charge in [0.1, 0.15) is 18.2 Å². The van der Waals surface area contributed by atoms with Crippen molar-refractivity contribution in [1.82, 2.24) is 5.32 Å². The van der Waals surface area contributed by atoms with Crippen molar-refractivity contribution in [2.75, 3.05) is 18.9 Å². The van der Waals surface area contributed by atoms with Gasteiger partial charge in [0.15, 0.2) is 0 Å². The minimum atomic E-state index is -4.61. The van der Waals surface area contributed by atoms with Crippen LogP contribution in [0.5, 0.6) is 0 Å². The Morgan fingerprint density at radius 1 is 1.05 bits per heavy atom. The Morgan fingerprint density at radius 3 is 2.41 bits per heavy atom. The van der Waals surface area contributed by atoms with Gasteiger partial charge < -0.3 is 5.32 Å². The fourth-order valence-electron chi connectivity index (χ4n) is 4.92. The molecule has 0 saturated heterocycles. The minimum absolute atomic E-state index is 0.00191. The summed E-state index contributed by atoms with van der Waals surface area (Å²) in [5.41, 5.74) is 0.183. The summed E-state index contributed by atoms with van der Waals surface area (Å²) in [6.07, 6.45) is 2.43. The standard InChI is InChI=1S/C26H31F5NO3PS/c27-21-8-6-20(7-9-21)25(10-1-2-11-25)12-3-4-15-37-24-17-23(28)19(16-22(24)26(29,30)31)18-32-13-5-14-35-36(33)34/h6-9,16-17,32H,1-5,10-15,18H2/p+1. The van der Waals surface area contributed by atoms with E-state index < -0.39 is 25.8 Å². The second kappa shape index (κ2) is 14.0. The molecule has 0 heterocycles. The van der Waals surface area contributed by atoms with Gasteiger partial charge >= 0.3 is 14.4 Å². The number of benzene rings is 2. The van der Waals surface area contributed by atoms with Gasteiger partial charge in [-0.15, -0.1) is 21.2 Å². The molecule has 3 rings (SSSR count). The van der Waals surface area contributed by atoms with Crippen LogP contribution in [0.2, 0.25) is 0 Å². The largest absolute Gasteiger partial charge is 0.694 e. The van der Waals surface area contributed by atoms with Crippen LogP contribution in [0.15, 0.2) is 41.3 Å². The van der Waals surface area contributed by atoms with Gasteiger partial charge in [0.2, 0.25) is 0 Å². The normalized spacial score (nSPS) is 15.8. The van der Waals surface area contributed by atoms with Crippen LogP contribution in [0.25, 0.3) is 0 Å². The maximum atomic E-state index is 14.6. The number of hydrogen-bond acceptors (Lipinski definition) is 4. The second-order valence-corrected chi connectivity index (χ2v) is 11.2. The van der Waals surface area contributed by atoms with Crippen molar-refractivity contribution in [2.45, 2.75) is 74.4 Å². The molecule has 0 bridgehead atoms. The first kappa shape index (κ1) is 30.0. The molecule has 4 nitrogen and oxygen atoms in total. The molecule has 1 aliphatic carbocycles. The van der Waals surface area contributed by atoms with Crippen LogP contribution in [-0.2, 0) is 27.2 Å². The zero-order chi connectivity index (χ0) is 26.9. The average Bonchev–Trinajstić information content (AvgIpc) is 3.31. The first-order chi connectivity index (χ1) is 17.6. The molecule has 0 aromatic heterocycles. The summed E-state index contributed by atoms with van der Waals surface area (Å²) in [6, 6.07) is 8.46. The van der Waals surface area contributed by atoms with Crippen LogP contribution >= 0.6 is 20.0 Å². The molecular weight excluding hydrogens is 532 g/mol. The number of hydrogen-bond donors (Lipinski definition) is 2. The predicted molar refractivity (Wildman–Crippen MR) is 135 cm³/mol. The van der Waals surface area contributed by atoms with Crippen molar-refractivity contribution in [1.29, 1.82) is 0 Å². The van der Waals surface area contributed by atoms with E-state index in [4.69, 9.17) is 4.89 Å². The Balaban J connectivity index is 1.54. The van der Waals surface area contributed by atoms with Crippen LogP contribution in [0.4, 0.5) is 22.0 Å². The molecular formula is C26H32F5NO3PS+. The molecule has 204 valence electrons. The molecule has 37 heavy (non-hydrogen) atoms. The molecule has 1 aliphatic rings. The molecule has 0 spiro atoms. The second-order valence-electron chi connectivity index (χ2n) is 9.34. The SMILES string of the molecule is O=[P+](O)OCCCNCc1cc(C(F)(F)F)c(SCCCCC2(c3ccc(F)cc3)CCCC2)cc1F. The molecule has 1 atom stereocenters. The average molecular weight is 565 g/mol. The zero-order valence-electron chi connectivity index (χ0n) is 20.5. The maximum Gasteiger partial charge on any atom is 0.694 e. The monoisotopic (exact) mass is 564 g/mol. The third-order valence-corrected chi connectivity index (χ3v) is 8.34. The molecule has 2 N–H and O–H groups in total. The lowest BCUT2D eigenvalue weighted by molar-refractivity contribution is -0.139. The third-order valence-electron chi connectivity index (χ3n) is 6.79. The molecule has 0 amide bonds. The molecule has 11 heteroatoms. The van der Waals surface area contributed by atoms with Crippen LogP contribution in [0.1, 0.15) is 68.1 Å². The molecule has 1 saturated carbocycles. The molecule has 1 unspecified atom stereocenters. The lowest BCUT2D eigenvalue weighted by Crippen LogP contribution is -2.22. The first-order valence-electron chi connectivity index (χ1n) is 12.4. The summed E-state index contributed by atoms with van der Waals surface area (Å²) < 4.78 is 84.1. The number of alkyl halides is 3. The van der Waals surface area contributed by atoms with E-state index in [1.807, 2.05) is 12.1 Å². The molecule has 0 radical (unpaired) electrons. The highest BCUT2D eigenvalue weighted by atomic mass is 32.2. The van der Waals surface area contributed by atoms with Crippen molar-refractivity contribution in [3.63, 3.8) is 0 Å². The Morgan fingerprint density at radius 2 is 1.76 bits per heavy atom. The fourth-order valence-corrected chi connectivity index (χ4v) is 6.30. The number of rotatable bonds is 14. The van der Waals surface area contributed by atoms with Crippen molar-refractivity contribution in [3.05, 3.63) is 64.7 Å². The Hall–Kier alpha value is -1.58. The molecule has 1 fully saturated rings. The van der Waals surface area contributed by atoms with E-state index in [1.165, 1.54) is 12.1 Å². The van der Waals surface area contributed by atoms with Crippen molar-refractivity contribution in [2.24, 2.45) is 0 Å². The van der Waals surface area contributed by atoms with Crippen LogP contribution in [-0.4, -0.2) is 23.8 Å². The van der Waals surface area contributed by atoms with Gasteiger partial charge in [-0.3, -0.25) is 0 Å². The summed E-state index contributed by atoms with van der Waals surface area (Å²) in [6.45, 7) is 0.200. The predicted octanol–water partition coefficient (Wildman–Crippen LogP) is 7.90. The fraction of sp³-hybridized carbons (Fsp3) is 0.538. The molecule has 0 aliphatic heterocycles. The van der Waals surface area contributed by atoms with E-state index in [-0.39, 0.29) is 34.8 Å². The van der Waals surface area contributed by atoms with Crippen LogP contribution in [0, 0.1) is 11.6 Å². The van der Waals surface area contributed by atoms with Gasteiger partial charge in [-0.25, -0.2) is 8.78 Å². The van der Waals surface area contributed by atoms with E-state index in [2.05, 4.69) is 9.84 Å². The first-order valence-corrected chi connectivity index (χ1v) is 14.5. The van der Waals surface area contributed by atoms with E-state index in [0.29, 0.717) is 25.1 Å². The van der Waals surface area contributed by atoms with Crippen molar-refractivity contribution < 1.29 is 35.9 Å². The molecule has 2 aromatic rings. The van der Waals surface area contributed by atoms with E-state index in [0.717, 1.165) is 68.0 Å². The van der Waals surface area contributed by atoms with E-state index in [9.17, 15) is 26.5 Å². The van der Waals surface area contributed by atoms with Gasteiger partial charge in [-0.2, -0.15) is 13.2 Å². The van der Waals surface area contributed by atoms with E-state index in [1.54, 1.807) is 0 Å². The summed E-state index contributed by atoms with van der Waals surface area (Å²) in [5, 5.41) is 2.83. The van der Waals surface area contributed by atoms with Crippen LogP contribution < -0.4 is 5.32 Å². The van der Waals surface area contributed by atoms with Gasteiger partial charge in [0.25, 0.3) is 0 Å². The highest BCUT2D eigenvalue weighted by Gasteiger charge is 2.36. The van der Waals surface area contributed by atoms with E-state index >= 15 is 0 Å². The highest BCUT2D eigenvalue weighted by molar-refractivity contribution is 7.99. The summed E-state index contributed by atoms with van der Waals surface area (Å²) in [5.74, 6) is -0.541. The van der Waals surface area contributed by atoms with Gasteiger partial charge in [-0.1, -0.05) is 31.4 Å². The zero-order valence-corrected chi connectivity index (χ0v) is 22.2. The topological polar surface area (TPSA) is 58.6 Å².